The van der Waals surface area contributed by atoms with Crippen LogP contribution in [0.25, 0.3) is 10.9 Å². The van der Waals surface area contributed by atoms with E-state index < -0.39 is 0 Å². The summed E-state index contributed by atoms with van der Waals surface area (Å²) in [6, 6.07) is 3.97. The van der Waals surface area contributed by atoms with Crippen molar-refractivity contribution in [2.45, 2.75) is 27.2 Å². The Morgan fingerprint density at radius 2 is 2.00 bits per heavy atom. The summed E-state index contributed by atoms with van der Waals surface area (Å²) in [6.07, 6.45) is 0.943. The average molecular weight is 216 g/mol. The Kier molecular flexibility index (Phi) is 2.54. The lowest BCUT2D eigenvalue weighted by molar-refractivity contribution is 0.792. The van der Waals surface area contributed by atoms with Gasteiger partial charge in [0.25, 0.3) is 5.56 Å². The van der Waals surface area contributed by atoms with E-state index >= 15 is 0 Å². The first kappa shape index (κ1) is 10.9. The first-order chi connectivity index (χ1) is 7.54. The third-order valence-electron chi connectivity index (χ3n) is 3.14. The first-order valence-corrected chi connectivity index (χ1v) is 5.51. The highest BCUT2D eigenvalue weighted by molar-refractivity contribution is 5.79. The molecule has 0 amide bonds. The molecule has 0 aliphatic carbocycles. The van der Waals surface area contributed by atoms with Gasteiger partial charge in [0.15, 0.2) is 0 Å². The van der Waals surface area contributed by atoms with Gasteiger partial charge in [-0.2, -0.15) is 0 Å². The van der Waals surface area contributed by atoms with Gasteiger partial charge in [0.05, 0.1) is 10.9 Å². The maximum absolute atomic E-state index is 12.1. The van der Waals surface area contributed by atoms with E-state index in [1.165, 1.54) is 11.1 Å². The summed E-state index contributed by atoms with van der Waals surface area (Å²) < 4.78 is 1.59. The Labute approximate surface area is 94.7 Å². The van der Waals surface area contributed by atoms with Crippen molar-refractivity contribution in [2.75, 3.05) is 0 Å². The van der Waals surface area contributed by atoms with Crippen molar-refractivity contribution in [1.29, 1.82) is 0 Å². The van der Waals surface area contributed by atoms with Gasteiger partial charge in [-0.25, -0.2) is 4.98 Å². The van der Waals surface area contributed by atoms with Gasteiger partial charge in [0, 0.05) is 7.05 Å². The highest BCUT2D eigenvalue weighted by Crippen LogP contribution is 2.16. The molecule has 1 aromatic carbocycles. The predicted molar refractivity (Wildman–Crippen MR) is 65.8 cm³/mol. The number of hydrogen-bond donors (Lipinski definition) is 0. The molecule has 2 aromatic rings. The average Bonchev–Trinajstić information content (AvgIpc) is 2.26. The van der Waals surface area contributed by atoms with Crippen molar-refractivity contribution in [1.82, 2.24) is 9.55 Å². The van der Waals surface area contributed by atoms with Crippen LogP contribution in [-0.4, -0.2) is 9.55 Å². The first-order valence-electron chi connectivity index (χ1n) is 5.51. The van der Waals surface area contributed by atoms with Crippen molar-refractivity contribution in [3.05, 3.63) is 39.4 Å². The predicted octanol–water partition coefficient (Wildman–Crippen LogP) is 2.11. The topological polar surface area (TPSA) is 34.9 Å². The lowest BCUT2D eigenvalue weighted by Crippen LogP contribution is -2.20. The van der Waals surface area contributed by atoms with E-state index in [0.717, 1.165) is 23.1 Å². The zero-order valence-electron chi connectivity index (χ0n) is 10.2. The van der Waals surface area contributed by atoms with Crippen LogP contribution >= 0.6 is 0 Å². The summed E-state index contributed by atoms with van der Waals surface area (Å²) in [5.74, 6) is 0.751. The minimum atomic E-state index is 0.0391. The molecular weight excluding hydrogens is 200 g/mol. The van der Waals surface area contributed by atoms with Crippen LogP contribution < -0.4 is 5.56 Å². The molecule has 0 aliphatic heterocycles. The molecule has 0 saturated carbocycles. The fraction of sp³-hybridized carbons (Fsp3) is 0.385. The maximum Gasteiger partial charge on any atom is 0.261 e. The molecule has 0 unspecified atom stereocenters. The summed E-state index contributed by atoms with van der Waals surface area (Å²) in [5, 5.41) is 0.718. The van der Waals surface area contributed by atoms with Crippen LogP contribution in [0.5, 0.6) is 0 Å². The van der Waals surface area contributed by atoms with E-state index in [2.05, 4.69) is 18.8 Å². The standard InChI is InChI=1S/C13H16N2O/c1-5-10-7-11-12(6-8(10)2)14-9(3)15(4)13(11)16/h6-7H,5H2,1-4H3. The molecule has 0 aliphatic rings. The van der Waals surface area contributed by atoms with Gasteiger partial charge in [-0.15, -0.1) is 0 Å². The Hall–Kier alpha value is -1.64. The zero-order chi connectivity index (χ0) is 11.9. The Balaban J connectivity index is 2.92. The molecular formula is C13H16N2O. The lowest BCUT2D eigenvalue weighted by Gasteiger charge is -2.08. The van der Waals surface area contributed by atoms with Crippen LogP contribution in [0.2, 0.25) is 0 Å². The summed E-state index contributed by atoms with van der Waals surface area (Å²) in [7, 11) is 1.76. The van der Waals surface area contributed by atoms with Crippen LogP contribution in [-0.2, 0) is 13.5 Å². The monoisotopic (exact) mass is 216 g/mol. The van der Waals surface area contributed by atoms with Gasteiger partial charge in [-0.05, 0) is 43.5 Å². The van der Waals surface area contributed by atoms with E-state index in [0.29, 0.717) is 0 Å². The van der Waals surface area contributed by atoms with Crippen LogP contribution in [0.1, 0.15) is 23.9 Å². The van der Waals surface area contributed by atoms with Crippen molar-refractivity contribution in [2.24, 2.45) is 7.05 Å². The molecule has 3 heteroatoms. The molecule has 0 atom stereocenters. The second-order valence-electron chi connectivity index (χ2n) is 4.17. The second-order valence-corrected chi connectivity index (χ2v) is 4.17. The molecule has 1 aromatic heterocycles. The molecule has 0 N–H and O–H groups in total. The molecule has 0 bridgehead atoms. The molecule has 16 heavy (non-hydrogen) atoms. The third-order valence-corrected chi connectivity index (χ3v) is 3.14. The largest absolute Gasteiger partial charge is 0.299 e. The highest BCUT2D eigenvalue weighted by Gasteiger charge is 2.07. The van der Waals surface area contributed by atoms with Crippen LogP contribution in [0.4, 0.5) is 0 Å². The van der Waals surface area contributed by atoms with Gasteiger partial charge in [0.2, 0.25) is 0 Å². The van der Waals surface area contributed by atoms with E-state index in [-0.39, 0.29) is 5.56 Å². The Morgan fingerprint density at radius 3 is 2.62 bits per heavy atom. The Morgan fingerprint density at radius 1 is 1.31 bits per heavy atom. The fourth-order valence-corrected chi connectivity index (χ4v) is 1.96. The van der Waals surface area contributed by atoms with Crippen molar-refractivity contribution in [3.63, 3.8) is 0 Å². The normalized spacial score (nSPS) is 11.0. The Bertz CT molecular complexity index is 611. The van der Waals surface area contributed by atoms with Gasteiger partial charge in [0.1, 0.15) is 5.82 Å². The smallest absolute Gasteiger partial charge is 0.261 e. The maximum atomic E-state index is 12.1. The number of hydrogen-bond acceptors (Lipinski definition) is 2. The highest BCUT2D eigenvalue weighted by atomic mass is 16.1. The minimum absolute atomic E-state index is 0.0391. The molecule has 0 spiro atoms. The molecule has 3 nitrogen and oxygen atoms in total. The quantitative estimate of drug-likeness (QED) is 0.731. The molecule has 0 saturated heterocycles. The summed E-state index contributed by atoms with van der Waals surface area (Å²) in [5.41, 5.74) is 3.26. The number of rotatable bonds is 1. The third kappa shape index (κ3) is 1.52. The molecule has 0 radical (unpaired) electrons. The SMILES string of the molecule is CCc1cc2c(=O)n(C)c(C)nc2cc1C. The van der Waals surface area contributed by atoms with Gasteiger partial charge < -0.3 is 0 Å². The van der Waals surface area contributed by atoms with Gasteiger partial charge in [-0.3, -0.25) is 9.36 Å². The van der Waals surface area contributed by atoms with E-state index in [1.807, 2.05) is 19.1 Å². The van der Waals surface area contributed by atoms with Gasteiger partial charge >= 0.3 is 0 Å². The van der Waals surface area contributed by atoms with Crippen molar-refractivity contribution >= 4 is 10.9 Å². The van der Waals surface area contributed by atoms with Crippen molar-refractivity contribution < 1.29 is 0 Å². The number of fused-ring (bicyclic) bond motifs is 1. The van der Waals surface area contributed by atoms with Crippen LogP contribution in [0.3, 0.4) is 0 Å². The van der Waals surface area contributed by atoms with Crippen LogP contribution in [0.15, 0.2) is 16.9 Å². The number of aryl methyl sites for hydroxylation is 3. The second kappa shape index (κ2) is 3.74. The minimum Gasteiger partial charge on any atom is -0.299 e. The molecule has 2 rings (SSSR count). The molecule has 1 heterocycles. The number of benzene rings is 1. The summed E-state index contributed by atoms with van der Waals surface area (Å²) in [4.78, 5) is 16.5. The van der Waals surface area contributed by atoms with Crippen LogP contribution in [0, 0.1) is 13.8 Å². The van der Waals surface area contributed by atoms with Gasteiger partial charge in [-0.1, -0.05) is 6.92 Å². The summed E-state index contributed by atoms with van der Waals surface area (Å²) in [6.45, 7) is 6.01. The van der Waals surface area contributed by atoms with E-state index in [4.69, 9.17) is 0 Å². The zero-order valence-corrected chi connectivity index (χ0v) is 10.2. The number of aromatic nitrogens is 2. The number of nitrogens with zero attached hydrogens (tertiary/aromatic N) is 2. The van der Waals surface area contributed by atoms with E-state index in [9.17, 15) is 4.79 Å². The molecule has 84 valence electrons. The van der Waals surface area contributed by atoms with E-state index in [1.54, 1.807) is 11.6 Å². The van der Waals surface area contributed by atoms with Crippen molar-refractivity contribution in [3.8, 4) is 0 Å². The fourth-order valence-electron chi connectivity index (χ4n) is 1.96. The summed E-state index contributed by atoms with van der Waals surface area (Å²) >= 11 is 0. The molecule has 0 fully saturated rings. The lowest BCUT2D eigenvalue weighted by atomic mass is 10.0.